The first-order valence-electron chi connectivity index (χ1n) is 11.8. The van der Waals surface area contributed by atoms with Crippen LogP contribution in [0.3, 0.4) is 0 Å². The van der Waals surface area contributed by atoms with Crippen LogP contribution in [0.15, 0.2) is 54.2 Å². The third kappa shape index (κ3) is 8.48. The van der Waals surface area contributed by atoms with Crippen LogP contribution in [0.25, 0.3) is 0 Å². The molecule has 2 aromatic carbocycles. The van der Waals surface area contributed by atoms with Gasteiger partial charge in [-0.1, -0.05) is 12.7 Å². The van der Waals surface area contributed by atoms with Crippen molar-refractivity contribution in [2.75, 3.05) is 38.2 Å². The number of nitrogens with zero attached hydrogens (tertiary/aromatic N) is 2. The molecule has 2 N–H and O–H groups in total. The smallest absolute Gasteiger partial charge is 0.329 e. The first-order valence-corrected chi connectivity index (χ1v) is 12.8. The number of rotatable bonds is 11. The minimum atomic E-state index is -0.927. The zero-order valence-corrected chi connectivity index (χ0v) is 22.7. The number of benzene rings is 2. The molecule has 1 aliphatic heterocycles. The zero-order chi connectivity index (χ0) is 26.6. The molecular formula is C26H29IN4O6. The fraction of sp³-hybridized carbons (Fsp3) is 0.308. The van der Waals surface area contributed by atoms with Crippen LogP contribution in [0.5, 0.6) is 17.2 Å². The molecule has 0 aromatic heterocycles. The normalized spacial score (nSPS) is 12.8. The van der Waals surface area contributed by atoms with Crippen LogP contribution in [-0.4, -0.2) is 61.7 Å². The maximum absolute atomic E-state index is 12.3. The highest BCUT2D eigenvalue weighted by atomic mass is 127. The van der Waals surface area contributed by atoms with Crippen molar-refractivity contribution in [3.63, 3.8) is 0 Å². The quantitative estimate of drug-likeness (QED) is 0.131. The minimum Gasteiger partial charge on any atom is -0.490 e. The maximum Gasteiger partial charge on any atom is 0.329 e. The summed E-state index contributed by atoms with van der Waals surface area (Å²) in [6.07, 6.45) is 5.04. The van der Waals surface area contributed by atoms with Gasteiger partial charge in [0.15, 0.2) is 18.1 Å². The Kier molecular flexibility index (Phi) is 10.7. The Morgan fingerprint density at radius 1 is 1.08 bits per heavy atom. The van der Waals surface area contributed by atoms with Crippen molar-refractivity contribution in [3.05, 3.63) is 58.2 Å². The van der Waals surface area contributed by atoms with Gasteiger partial charge in [-0.15, -0.1) is 0 Å². The highest BCUT2D eigenvalue weighted by Gasteiger charge is 2.20. The second-order valence-electron chi connectivity index (χ2n) is 7.92. The molecule has 3 amide bonds. The van der Waals surface area contributed by atoms with E-state index in [4.69, 9.17) is 14.2 Å². The Morgan fingerprint density at radius 3 is 2.49 bits per heavy atom. The number of hydrogen-bond donors (Lipinski definition) is 2. The third-order valence-corrected chi connectivity index (χ3v) is 6.00. The lowest BCUT2D eigenvalue weighted by Gasteiger charge is -2.18. The Labute approximate surface area is 229 Å². The molecule has 0 spiro atoms. The van der Waals surface area contributed by atoms with Crippen molar-refractivity contribution in [2.24, 2.45) is 5.10 Å². The van der Waals surface area contributed by atoms with Crippen LogP contribution >= 0.6 is 22.6 Å². The van der Waals surface area contributed by atoms with Gasteiger partial charge in [0, 0.05) is 18.8 Å². The van der Waals surface area contributed by atoms with Crippen LogP contribution < -0.4 is 25.0 Å². The molecule has 11 heteroatoms. The second-order valence-corrected chi connectivity index (χ2v) is 9.08. The van der Waals surface area contributed by atoms with E-state index in [1.54, 1.807) is 47.4 Å². The van der Waals surface area contributed by atoms with Crippen LogP contribution in [0.2, 0.25) is 0 Å². The van der Waals surface area contributed by atoms with Gasteiger partial charge in [0.1, 0.15) is 12.4 Å². The van der Waals surface area contributed by atoms with Gasteiger partial charge >= 0.3 is 11.8 Å². The molecule has 37 heavy (non-hydrogen) atoms. The fourth-order valence-corrected chi connectivity index (χ4v) is 4.23. The van der Waals surface area contributed by atoms with Crippen molar-refractivity contribution >= 4 is 52.2 Å². The highest BCUT2D eigenvalue weighted by Crippen LogP contribution is 2.34. The summed E-state index contributed by atoms with van der Waals surface area (Å²) in [7, 11) is 0. The van der Waals surface area contributed by atoms with Gasteiger partial charge in [-0.05, 0) is 84.3 Å². The minimum absolute atomic E-state index is 0.0562. The summed E-state index contributed by atoms with van der Waals surface area (Å²) in [5, 5.41) is 6.37. The lowest BCUT2D eigenvalue weighted by molar-refractivity contribution is -0.136. The molecular weight excluding hydrogens is 591 g/mol. The first-order chi connectivity index (χ1) is 17.9. The van der Waals surface area contributed by atoms with E-state index in [0.29, 0.717) is 45.3 Å². The molecule has 196 valence electrons. The van der Waals surface area contributed by atoms with E-state index in [9.17, 15) is 14.4 Å². The summed E-state index contributed by atoms with van der Waals surface area (Å²) in [5.74, 6) is -0.315. The van der Waals surface area contributed by atoms with Gasteiger partial charge in [0.2, 0.25) is 0 Å². The molecule has 0 atom stereocenters. The first kappa shape index (κ1) is 28.0. The van der Waals surface area contributed by atoms with Gasteiger partial charge < -0.3 is 24.4 Å². The number of halogens is 1. The Hall–Kier alpha value is -3.61. The standard InChI is InChI=1S/C26H29IN4O6/c1-3-13-36-20-9-7-19(8-10-20)29-25(33)26(34)30-28-16-18-14-21(27)24(22(15-18)35-4-2)37-17-23(32)31-11-5-6-12-31/h3,7-10,14-16H,1,4-6,11-13,17H2,2H3,(H,29,33)(H,30,34)/b28-16-. The molecule has 1 saturated heterocycles. The summed E-state index contributed by atoms with van der Waals surface area (Å²) < 4.78 is 17.6. The Balaban J connectivity index is 1.57. The number of ether oxygens (including phenoxy) is 3. The van der Waals surface area contributed by atoms with E-state index in [1.165, 1.54) is 6.21 Å². The molecule has 0 saturated carbocycles. The molecule has 3 rings (SSSR count). The van der Waals surface area contributed by atoms with E-state index < -0.39 is 11.8 Å². The van der Waals surface area contributed by atoms with E-state index in [2.05, 4.69) is 45.0 Å². The van der Waals surface area contributed by atoms with Gasteiger partial charge in [0.05, 0.1) is 16.4 Å². The maximum atomic E-state index is 12.3. The highest BCUT2D eigenvalue weighted by molar-refractivity contribution is 14.1. The summed E-state index contributed by atoms with van der Waals surface area (Å²) in [4.78, 5) is 38.4. The Morgan fingerprint density at radius 2 is 1.81 bits per heavy atom. The lowest BCUT2D eigenvalue weighted by atomic mass is 10.2. The summed E-state index contributed by atoms with van der Waals surface area (Å²) >= 11 is 2.09. The summed E-state index contributed by atoms with van der Waals surface area (Å²) in [5.41, 5.74) is 3.25. The number of likely N-dealkylation sites (tertiary alicyclic amines) is 1. The molecule has 0 unspecified atom stereocenters. The Bertz CT molecular complexity index is 1150. The second kappa shape index (κ2) is 14.2. The van der Waals surface area contributed by atoms with Gasteiger partial charge in [-0.3, -0.25) is 14.4 Å². The average Bonchev–Trinajstić information content (AvgIpc) is 3.43. The number of carbonyl (C=O) groups is 3. The number of carbonyl (C=O) groups excluding carboxylic acids is 3. The summed E-state index contributed by atoms with van der Waals surface area (Å²) in [6, 6.07) is 10.0. The molecule has 1 fully saturated rings. The average molecular weight is 620 g/mol. The summed E-state index contributed by atoms with van der Waals surface area (Å²) in [6.45, 7) is 7.63. The van der Waals surface area contributed by atoms with E-state index in [1.807, 2.05) is 6.92 Å². The van der Waals surface area contributed by atoms with E-state index >= 15 is 0 Å². The van der Waals surface area contributed by atoms with Crippen molar-refractivity contribution in [3.8, 4) is 17.2 Å². The number of nitrogens with one attached hydrogen (secondary N) is 2. The number of hydrazone groups is 1. The van der Waals surface area contributed by atoms with Crippen LogP contribution in [0.1, 0.15) is 25.3 Å². The van der Waals surface area contributed by atoms with Gasteiger partial charge in [-0.25, -0.2) is 5.43 Å². The largest absolute Gasteiger partial charge is 0.490 e. The van der Waals surface area contributed by atoms with Crippen LogP contribution in [0.4, 0.5) is 5.69 Å². The number of hydrogen-bond acceptors (Lipinski definition) is 7. The van der Waals surface area contributed by atoms with Crippen LogP contribution in [0, 0.1) is 3.57 Å². The van der Waals surface area contributed by atoms with Crippen LogP contribution in [-0.2, 0) is 14.4 Å². The SMILES string of the molecule is C=CCOc1ccc(NC(=O)C(=O)N/N=C\c2cc(I)c(OCC(=O)N3CCCC3)c(OCC)c2)cc1. The van der Waals surface area contributed by atoms with E-state index in [0.717, 1.165) is 25.9 Å². The van der Waals surface area contributed by atoms with E-state index in [-0.39, 0.29) is 12.5 Å². The molecule has 0 bridgehead atoms. The van der Waals surface area contributed by atoms with Crippen molar-refractivity contribution in [1.29, 1.82) is 0 Å². The predicted molar refractivity (Wildman–Crippen MR) is 148 cm³/mol. The van der Waals surface area contributed by atoms with Gasteiger partial charge in [0.25, 0.3) is 5.91 Å². The molecule has 10 nitrogen and oxygen atoms in total. The molecule has 0 radical (unpaired) electrons. The molecule has 1 heterocycles. The lowest BCUT2D eigenvalue weighted by Crippen LogP contribution is -2.32. The predicted octanol–water partition coefficient (Wildman–Crippen LogP) is 3.34. The fourth-order valence-electron chi connectivity index (χ4n) is 3.45. The zero-order valence-electron chi connectivity index (χ0n) is 20.5. The topological polar surface area (TPSA) is 119 Å². The molecule has 1 aliphatic rings. The molecule has 2 aromatic rings. The third-order valence-electron chi connectivity index (χ3n) is 5.20. The van der Waals surface area contributed by atoms with Crippen molar-refractivity contribution in [1.82, 2.24) is 10.3 Å². The van der Waals surface area contributed by atoms with Gasteiger partial charge in [-0.2, -0.15) is 5.10 Å². The van der Waals surface area contributed by atoms with Crippen molar-refractivity contribution in [2.45, 2.75) is 19.8 Å². The van der Waals surface area contributed by atoms with Crippen molar-refractivity contribution < 1.29 is 28.6 Å². The number of amides is 3. The molecule has 0 aliphatic carbocycles. The number of anilines is 1. The monoisotopic (exact) mass is 620 g/mol.